The zero-order chi connectivity index (χ0) is 27.9. The molecule has 12 heteroatoms. The van der Waals surface area contributed by atoms with Crippen molar-refractivity contribution in [1.82, 2.24) is 14.0 Å². The number of halogens is 2. The van der Waals surface area contributed by atoms with Gasteiger partial charge in [0.05, 0.1) is 22.7 Å². The van der Waals surface area contributed by atoms with Crippen molar-refractivity contribution < 1.29 is 22.7 Å². The minimum absolute atomic E-state index is 0.0272. The second-order valence-electron chi connectivity index (χ2n) is 8.66. The molecule has 1 heterocycles. The number of hydrogen-bond acceptors (Lipinski definition) is 6. The quantitative estimate of drug-likeness (QED) is 0.324. The van der Waals surface area contributed by atoms with Crippen LogP contribution in [0.4, 0.5) is 5.69 Å². The van der Waals surface area contributed by atoms with E-state index in [4.69, 9.17) is 27.9 Å². The number of nitrogens with one attached hydrogen (secondary N) is 2. The van der Waals surface area contributed by atoms with E-state index in [1.807, 2.05) is 30.3 Å². The lowest BCUT2D eigenvalue weighted by Gasteiger charge is -2.28. The Bertz CT molecular complexity index is 1350. The van der Waals surface area contributed by atoms with Crippen molar-refractivity contribution in [3.8, 4) is 0 Å². The zero-order valence-electron chi connectivity index (χ0n) is 21.0. The van der Waals surface area contributed by atoms with Crippen LogP contribution in [0, 0.1) is 0 Å². The van der Waals surface area contributed by atoms with Crippen LogP contribution in [0.5, 0.6) is 0 Å². The van der Waals surface area contributed by atoms with Crippen molar-refractivity contribution >= 4 is 51.0 Å². The Morgan fingerprint density at radius 1 is 0.974 bits per heavy atom. The maximum Gasteiger partial charge on any atom is 0.324 e. The molecule has 3 aromatic rings. The van der Waals surface area contributed by atoms with Crippen LogP contribution in [0.15, 0.2) is 67.0 Å². The third-order valence-corrected chi connectivity index (χ3v) is 7.90. The molecule has 0 aliphatic heterocycles. The highest BCUT2D eigenvalue weighted by Gasteiger charge is 2.31. The molecule has 1 atom stereocenters. The SMILES string of the molecule is COC(=O)[C@H](Cc1ccc(NC(=O)c2c(Cl)cncc2Cl)cc1)NS(=O)(=O)N(Cc1ccccc1)C(C)C. The third kappa shape index (κ3) is 7.75. The Morgan fingerprint density at radius 3 is 2.13 bits per heavy atom. The summed E-state index contributed by atoms with van der Waals surface area (Å²) in [5.74, 6) is -1.24. The Morgan fingerprint density at radius 2 is 1.58 bits per heavy atom. The summed E-state index contributed by atoms with van der Waals surface area (Å²) in [5.41, 5.74) is 2.00. The third-order valence-electron chi connectivity index (χ3n) is 5.57. The predicted molar refractivity (Wildman–Crippen MR) is 147 cm³/mol. The lowest BCUT2D eigenvalue weighted by molar-refractivity contribution is -0.142. The van der Waals surface area contributed by atoms with Gasteiger partial charge in [0.25, 0.3) is 16.1 Å². The van der Waals surface area contributed by atoms with Gasteiger partial charge in [-0.25, -0.2) is 0 Å². The number of aromatic nitrogens is 1. The van der Waals surface area contributed by atoms with Crippen molar-refractivity contribution in [2.45, 2.75) is 38.9 Å². The topological polar surface area (TPSA) is 118 Å². The molecule has 2 N–H and O–H groups in total. The van der Waals surface area contributed by atoms with Gasteiger partial charge in [0.2, 0.25) is 0 Å². The second kappa shape index (κ2) is 13.2. The van der Waals surface area contributed by atoms with E-state index in [-0.39, 0.29) is 34.6 Å². The molecule has 0 saturated carbocycles. The highest BCUT2D eigenvalue weighted by Crippen LogP contribution is 2.24. The molecule has 0 spiro atoms. The van der Waals surface area contributed by atoms with Gasteiger partial charge in [-0.05, 0) is 43.5 Å². The first kappa shape index (κ1) is 29.5. The van der Waals surface area contributed by atoms with Gasteiger partial charge in [-0.2, -0.15) is 17.4 Å². The van der Waals surface area contributed by atoms with E-state index in [0.717, 1.165) is 5.56 Å². The summed E-state index contributed by atoms with van der Waals surface area (Å²) in [5, 5.41) is 2.92. The first-order chi connectivity index (χ1) is 18.0. The van der Waals surface area contributed by atoms with Crippen molar-refractivity contribution in [3.05, 3.63) is 93.7 Å². The smallest absolute Gasteiger partial charge is 0.324 e. The molecule has 9 nitrogen and oxygen atoms in total. The normalized spacial score (nSPS) is 12.4. The van der Waals surface area contributed by atoms with Crippen LogP contribution >= 0.6 is 23.2 Å². The lowest BCUT2D eigenvalue weighted by atomic mass is 10.1. The molecule has 38 heavy (non-hydrogen) atoms. The number of carbonyl (C=O) groups is 2. The zero-order valence-corrected chi connectivity index (χ0v) is 23.3. The molecule has 0 radical (unpaired) electrons. The van der Waals surface area contributed by atoms with Gasteiger partial charge in [0.15, 0.2) is 0 Å². The fourth-order valence-corrected chi connectivity index (χ4v) is 5.74. The number of anilines is 1. The molecule has 1 aromatic heterocycles. The number of nitrogens with zero attached hydrogens (tertiary/aromatic N) is 2. The van der Waals surface area contributed by atoms with Crippen LogP contribution in [0.3, 0.4) is 0 Å². The Balaban J connectivity index is 1.74. The highest BCUT2D eigenvalue weighted by molar-refractivity contribution is 7.87. The maximum absolute atomic E-state index is 13.3. The van der Waals surface area contributed by atoms with E-state index in [1.54, 1.807) is 38.1 Å². The van der Waals surface area contributed by atoms with Crippen LogP contribution in [0.25, 0.3) is 0 Å². The lowest BCUT2D eigenvalue weighted by Crippen LogP contribution is -2.51. The number of benzene rings is 2. The van der Waals surface area contributed by atoms with Gasteiger partial charge in [0, 0.05) is 30.7 Å². The molecule has 0 unspecified atom stereocenters. The van der Waals surface area contributed by atoms with Crippen LogP contribution in [-0.2, 0) is 32.7 Å². The fraction of sp³-hybridized carbons (Fsp3) is 0.269. The molecule has 0 aliphatic rings. The first-order valence-electron chi connectivity index (χ1n) is 11.6. The monoisotopic (exact) mass is 578 g/mol. The molecular formula is C26H28Cl2N4O5S. The summed E-state index contributed by atoms with van der Waals surface area (Å²) in [6.45, 7) is 3.66. The Kier molecular flexibility index (Phi) is 10.2. The number of hydrogen-bond donors (Lipinski definition) is 2. The van der Waals surface area contributed by atoms with E-state index in [1.165, 1.54) is 23.8 Å². The van der Waals surface area contributed by atoms with Gasteiger partial charge >= 0.3 is 5.97 Å². The van der Waals surface area contributed by atoms with Gasteiger partial charge in [-0.15, -0.1) is 0 Å². The minimum Gasteiger partial charge on any atom is -0.468 e. The molecule has 2 aromatic carbocycles. The van der Waals surface area contributed by atoms with Gasteiger partial charge in [0.1, 0.15) is 6.04 Å². The van der Waals surface area contributed by atoms with E-state index in [0.29, 0.717) is 11.3 Å². The van der Waals surface area contributed by atoms with E-state index in [9.17, 15) is 18.0 Å². The molecular weight excluding hydrogens is 551 g/mol. The summed E-state index contributed by atoms with van der Waals surface area (Å²) < 4.78 is 35.2. The summed E-state index contributed by atoms with van der Waals surface area (Å²) >= 11 is 12.1. The number of carbonyl (C=O) groups excluding carboxylic acids is 2. The minimum atomic E-state index is -4.06. The van der Waals surface area contributed by atoms with Crippen LogP contribution in [0.2, 0.25) is 10.0 Å². The number of esters is 1. The van der Waals surface area contributed by atoms with E-state index >= 15 is 0 Å². The predicted octanol–water partition coefficient (Wildman–Crippen LogP) is 4.47. The highest BCUT2D eigenvalue weighted by atomic mass is 35.5. The van der Waals surface area contributed by atoms with Gasteiger partial charge < -0.3 is 10.1 Å². The first-order valence-corrected chi connectivity index (χ1v) is 13.8. The molecule has 1 amide bonds. The number of rotatable bonds is 11. The van der Waals surface area contributed by atoms with Gasteiger partial charge in [-0.3, -0.25) is 14.6 Å². The maximum atomic E-state index is 13.3. The van der Waals surface area contributed by atoms with Crippen molar-refractivity contribution in [1.29, 1.82) is 0 Å². The van der Waals surface area contributed by atoms with Crippen molar-refractivity contribution in [2.75, 3.05) is 12.4 Å². The summed E-state index contributed by atoms with van der Waals surface area (Å²) in [6.07, 6.45) is 2.67. The summed E-state index contributed by atoms with van der Waals surface area (Å²) in [6, 6.07) is 14.2. The summed E-state index contributed by atoms with van der Waals surface area (Å²) in [7, 11) is -2.87. The Hall–Kier alpha value is -3.02. The standard InChI is InChI=1S/C26H28Cl2N4O5S/c1-17(2)32(16-19-7-5-4-6-8-19)38(35,36)31-23(26(34)37-3)13-18-9-11-20(12-10-18)30-25(33)24-21(27)14-29-15-22(24)28/h4-12,14-15,17,23,31H,13,16H2,1-3H3,(H,30,33)/t23-/m0/s1. The second-order valence-corrected chi connectivity index (χ2v) is 11.1. The molecule has 0 aliphatic carbocycles. The van der Waals surface area contributed by atoms with E-state index < -0.39 is 28.1 Å². The van der Waals surface area contributed by atoms with Crippen LogP contribution in [-0.4, -0.2) is 48.8 Å². The van der Waals surface area contributed by atoms with Gasteiger partial charge in [-0.1, -0.05) is 65.7 Å². The fourth-order valence-electron chi connectivity index (χ4n) is 3.65. The number of amides is 1. The van der Waals surface area contributed by atoms with E-state index in [2.05, 4.69) is 15.0 Å². The molecule has 202 valence electrons. The average molecular weight is 580 g/mol. The molecule has 0 bridgehead atoms. The molecule has 0 saturated heterocycles. The number of pyridine rings is 1. The number of ether oxygens (including phenoxy) is 1. The molecule has 3 rings (SSSR count). The van der Waals surface area contributed by atoms with Crippen LogP contribution in [0.1, 0.15) is 35.3 Å². The largest absolute Gasteiger partial charge is 0.468 e. The van der Waals surface area contributed by atoms with Crippen molar-refractivity contribution in [3.63, 3.8) is 0 Å². The average Bonchev–Trinajstić information content (AvgIpc) is 2.87. The Labute approximate surface area is 232 Å². The molecule has 0 fully saturated rings. The number of methoxy groups -OCH3 is 1. The van der Waals surface area contributed by atoms with Crippen LogP contribution < -0.4 is 10.0 Å². The summed E-state index contributed by atoms with van der Waals surface area (Å²) in [4.78, 5) is 29.0. The van der Waals surface area contributed by atoms with Crippen molar-refractivity contribution in [2.24, 2.45) is 0 Å².